The molecule has 0 saturated carbocycles. The molecule has 0 amide bonds. The lowest BCUT2D eigenvalue weighted by atomic mass is 10.2. The minimum Gasteiger partial charge on any atom is -0.478 e. The number of hydrogen-bond acceptors (Lipinski definition) is 9. The van der Waals surface area contributed by atoms with Crippen molar-refractivity contribution in [1.82, 2.24) is 34.3 Å². The highest BCUT2D eigenvalue weighted by atomic mass is 16.4. The summed E-state index contributed by atoms with van der Waals surface area (Å²) in [6.07, 6.45) is 3.32. The molecule has 1 aliphatic rings. The third-order valence-corrected chi connectivity index (χ3v) is 6.32. The highest BCUT2D eigenvalue weighted by Gasteiger charge is 2.20. The molecule has 5 aromatic rings. The van der Waals surface area contributed by atoms with Gasteiger partial charge in [0.1, 0.15) is 0 Å². The molecule has 1 aliphatic heterocycles. The average molecular weight is 473 g/mol. The maximum Gasteiger partial charge on any atom is 0.335 e. The Balaban J connectivity index is 1.14. The Labute approximate surface area is 199 Å². The predicted molar refractivity (Wildman–Crippen MR) is 128 cm³/mol. The Morgan fingerprint density at radius 1 is 1.03 bits per heavy atom. The van der Waals surface area contributed by atoms with E-state index in [1.54, 1.807) is 36.7 Å². The van der Waals surface area contributed by atoms with E-state index in [0.29, 0.717) is 35.0 Å². The predicted octanol–water partition coefficient (Wildman–Crippen LogP) is 1.84. The summed E-state index contributed by atoms with van der Waals surface area (Å²) in [4.78, 5) is 24.8. The Bertz CT molecular complexity index is 1500. The van der Waals surface area contributed by atoms with Crippen LogP contribution in [-0.4, -0.2) is 78.1 Å². The highest BCUT2D eigenvalue weighted by molar-refractivity contribution is 5.90. The van der Waals surface area contributed by atoms with Crippen molar-refractivity contribution in [2.45, 2.75) is 6.54 Å². The van der Waals surface area contributed by atoms with E-state index in [-0.39, 0.29) is 5.95 Å². The third kappa shape index (κ3) is 3.83. The van der Waals surface area contributed by atoms with Gasteiger partial charge in [0.15, 0.2) is 17.1 Å². The molecule has 0 spiro atoms. The van der Waals surface area contributed by atoms with Gasteiger partial charge in [-0.05, 0) is 36.4 Å². The van der Waals surface area contributed by atoms with Gasteiger partial charge in [-0.25, -0.2) is 14.5 Å². The Hall–Kier alpha value is -4.45. The molecule has 0 bridgehead atoms. The zero-order valence-electron chi connectivity index (χ0n) is 18.8. The fraction of sp³-hybridized carbons (Fsp3) is 0.261. The number of nitrogens with two attached hydrogens (primary N) is 1. The zero-order valence-corrected chi connectivity index (χ0v) is 18.8. The number of benzene rings is 1. The molecule has 1 aromatic carbocycles. The van der Waals surface area contributed by atoms with Crippen molar-refractivity contribution >= 4 is 34.3 Å². The van der Waals surface area contributed by atoms with Crippen molar-refractivity contribution in [2.24, 2.45) is 0 Å². The van der Waals surface area contributed by atoms with Gasteiger partial charge in [0, 0.05) is 38.4 Å². The number of carboxylic acid groups (broad SMARTS) is 1. The minimum absolute atomic E-state index is 0.238. The van der Waals surface area contributed by atoms with E-state index in [9.17, 15) is 4.79 Å². The number of aromatic nitrogens is 6. The van der Waals surface area contributed by atoms with E-state index in [1.807, 2.05) is 16.8 Å². The summed E-state index contributed by atoms with van der Waals surface area (Å²) in [6.45, 7) is 5.02. The first kappa shape index (κ1) is 21.1. The maximum absolute atomic E-state index is 11.1. The second-order valence-electron chi connectivity index (χ2n) is 8.40. The summed E-state index contributed by atoms with van der Waals surface area (Å²) in [5.41, 5.74) is 8.78. The van der Waals surface area contributed by atoms with E-state index in [4.69, 9.17) is 15.3 Å². The number of rotatable bonds is 6. The fourth-order valence-corrected chi connectivity index (χ4v) is 4.41. The number of fused-ring (bicyclic) bond motifs is 3. The van der Waals surface area contributed by atoms with E-state index in [2.05, 4.69) is 30.0 Å². The van der Waals surface area contributed by atoms with E-state index >= 15 is 0 Å². The number of furan rings is 1. The summed E-state index contributed by atoms with van der Waals surface area (Å²) in [6, 6.07) is 10.6. The van der Waals surface area contributed by atoms with Crippen LogP contribution in [0.25, 0.3) is 28.3 Å². The second kappa shape index (κ2) is 8.40. The minimum atomic E-state index is -0.911. The van der Waals surface area contributed by atoms with Gasteiger partial charge in [-0.2, -0.15) is 14.6 Å². The van der Waals surface area contributed by atoms with Crippen LogP contribution in [-0.2, 0) is 6.54 Å². The molecule has 1 fully saturated rings. The van der Waals surface area contributed by atoms with Crippen molar-refractivity contribution < 1.29 is 14.3 Å². The molecule has 3 N–H and O–H groups in total. The molecule has 0 atom stereocenters. The lowest BCUT2D eigenvalue weighted by Gasteiger charge is -2.36. The number of carboxylic acids is 1. The van der Waals surface area contributed by atoms with Gasteiger partial charge in [-0.3, -0.25) is 4.90 Å². The molecule has 35 heavy (non-hydrogen) atoms. The summed E-state index contributed by atoms with van der Waals surface area (Å²) in [5.74, 6) is 0.332. The molecule has 1 saturated heterocycles. The average Bonchev–Trinajstić information content (AvgIpc) is 3.63. The number of piperazine rings is 1. The Morgan fingerprint density at radius 3 is 2.54 bits per heavy atom. The first-order chi connectivity index (χ1) is 17.1. The number of nitrogen functional groups attached to an aromatic ring is 1. The standard InChI is InChI=1S/C23H23N9O3/c24-23-27-20-17(21-26-19(28-32(21)23)18-2-1-13-35-18)14-25-31(20)12-9-29-7-10-30(11-8-29)16-5-3-15(4-6-16)22(33)34/h1-6,13-14H,7-12H2,(H2,24,27)(H,33,34). The molecule has 178 valence electrons. The van der Waals surface area contributed by atoms with Crippen LogP contribution in [0.15, 0.2) is 53.3 Å². The molecular formula is C23H23N9O3. The molecule has 12 nitrogen and oxygen atoms in total. The quantitative estimate of drug-likeness (QED) is 0.375. The van der Waals surface area contributed by atoms with Crippen molar-refractivity contribution in [3.63, 3.8) is 0 Å². The summed E-state index contributed by atoms with van der Waals surface area (Å²) in [7, 11) is 0. The normalized spacial score (nSPS) is 14.8. The van der Waals surface area contributed by atoms with Crippen LogP contribution in [0.4, 0.5) is 11.6 Å². The van der Waals surface area contributed by atoms with Crippen LogP contribution in [0.1, 0.15) is 10.4 Å². The number of hydrogen-bond donors (Lipinski definition) is 2. The molecule has 0 unspecified atom stereocenters. The van der Waals surface area contributed by atoms with Crippen molar-refractivity contribution in [2.75, 3.05) is 43.4 Å². The number of nitrogens with zero attached hydrogens (tertiary/aromatic N) is 8. The van der Waals surface area contributed by atoms with Crippen LogP contribution in [0.2, 0.25) is 0 Å². The van der Waals surface area contributed by atoms with Gasteiger partial charge in [-0.15, -0.1) is 5.10 Å². The Kier molecular flexibility index (Phi) is 5.07. The lowest BCUT2D eigenvalue weighted by molar-refractivity contribution is 0.0697. The molecule has 0 aliphatic carbocycles. The van der Waals surface area contributed by atoms with Crippen LogP contribution in [0.5, 0.6) is 0 Å². The Morgan fingerprint density at radius 2 is 1.83 bits per heavy atom. The SMILES string of the molecule is Nc1nc2c(cnn2CCN2CCN(c3ccc(C(=O)O)cc3)CC2)c2nc(-c3ccco3)nn12. The van der Waals surface area contributed by atoms with Gasteiger partial charge in [-0.1, -0.05) is 0 Å². The van der Waals surface area contributed by atoms with Crippen LogP contribution >= 0.6 is 0 Å². The van der Waals surface area contributed by atoms with Crippen molar-refractivity contribution in [3.8, 4) is 11.6 Å². The number of aromatic carboxylic acids is 1. The van der Waals surface area contributed by atoms with E-state index < -0.39 is 5.97 Å². The first-order valence-corrected chi connectivity index (χ1v) is 11.3. The van der Waals surface area contributed by atoms with Crippen LogP contribution in [0, 0.1) is 0 Å². The van der Waals surface area contributed by atoms with Gasteiger partial charge in [0.05, 0.1) is 30.0 Å². The monoisotopic (exact) mass is 473 g/mol. The summed E-state index contributed by atoms with van der Waals surface area (Å²) in [5, 5.41) is 18.8. The number of anilines is 2. The topological polar surface area (TPSA) is 144 Å². The van der Waals surface area contributed by atoms with Gasteiger partial charge in [0.25, 0.3) is 0 Å². The molecule has 4 aromatic heterocycles. The molecular weight excluding hydrogens is 450 g/mol. The van der Waals surface area contributed by atoms with Gasteiger partial charge in [0.2, 0.25) is 11.8 Å². The van der Waals surface area contributed by atoms with Crippen LogP contribution < -0.4 is 10.6 Å². The third-order valence-electron chi connectivity index (χ3n) is 6.32. The van der Waals surface area contributed by atoms with Gasteiger partial charge >= 0.3 is 5.97 Å². The molecule has 6 rings (SSSR count). The summed E-state index contributed by atoms with van der Waals surface area (Å²) < 4.78 is 8.77. The van der Waals surface area contributed by atoms with Crippen molar-refractivity contribution in [3.05, 3.63) is 54.4 Å². The number of carbonyl (C=O) groups is 1. The molecule has 12 heteroatoms. The van der Waals surface area contributed by atoms with E-state index in [1.165, 1.54) is 4.52 Å². The first-order valence-electron chi connectivity index (χ1n) is 11.3. The summed E-state index contributed by atoms with van der Waals surface area (Å²) >= 11 is 0. The van der Waals surface area contributed by atoms with E-state index in [0.717, 1.165) is 43.8 Å². The highest BCUT2D eigenvalue weighted by Crippen LogP contribution is 2.23. The fourth-order valence-electron chi connectivity index (χ4n) is 4.41. The largest absolute Gasteiger partial charge is 0.478 e. The second-order valence-corrected chi connectivity index (χ2v) is 8.40. The van der Waals surface area contributed by atoms with Crippen molar-refractivity contribution in [1.29, 1.82) is 0 Å². The molecule has 5 heterocycles. The maximum atomic E-state index is 11.1. The zero-order chi connectivity index (χ0) is 23.9. The van der Waals surface area contributed by atoms with Crippen LogP contribution in [0.3, 0.4) is 0 Å². The van der Waals surface area contributed by atoms with Gasteiger partial charge < -0.3 is 20.2 Å². The molecule has 0 radical (unpaired) electrons. The smallest absolute Gasteiger partial charge is 0.335 e. The lowest BCUT2D eigenvalue weighted by Crippen LogP contribution is -2.47.